The van der Waals surface area contributed by atoms with Gasteiger partial charge in [0.1, 0.15) is 5.76 Å². The van der Waals surface area contributed by atoms with Crippen LogP contribution in [0.1, 0.15) is 37.6 Å². The molecule has 25 heavy (non-hydrogen) atoms. The highest BCUT2D eigenvalue weighted by molar-refractivity contribution is 14.0. The van der Waals surface area contributed by atoms with Crippen molar-refractivity contribution in [3.05, 3.63) is 60.1 Å². The molecule has 0 aliphatic heterocycles. The van der Waals surface area contributed by atoms with Gasteiger partial charge in [-0.15, -0.1) is 24.0 Å². The van der Waals surface area contributed by atoms with Crippen LogP contribution in [0.15, 0.2) is 58.1 Å². The quantitative estimate of drug-likeness (QED) is 0.323. The maximum atomic E-state index is 9.44. The van der Waals surface area contributed by atoms with Crippen LogP contribution >= 0.6 is 24.0 Å². The molecule has 0 saturated carbocycles. The first-order valence-electron chi connectivity index (χ1n) is 8.48. The van der Waals surface area contributed by atoms with Crippen LogP contribution in [0, 0.1) is 0 Å². The van der Waals surface area contributed by atoms with E-state index in [1.807, 2.05) is 37.3 Å². The molecule has 5 nitrogen and oxygen atoms in total. The number of hydrogen-bond acceptors (Lipinski definition) is 3. The van der Waals surface area contributed by atoms with Crippen molar-refractivity contribution >= 4 is 29.9 Å². The zero-order chi connectivity index (χ0) is 17.2. The second kappa shape index (κ2) is 11.9. The molecule has 3 N–H and O–H groups in total. The van der Waals surface area contributed by atoms with Crippen LogP contribution in [-0.2, 0) is 6.42 Å². The Bertz CT molecular complexity index is 598. The number of nitrogens with zero attached hydrogens (tertiary/aromatic N) is 1. The molecule has 1 aromatic carbocycles. The Morgan fingerprint density at radius 3 is 2.52 bits per heavy atom. The monoisotopic (exact) mass is 457 g/mol. The van der Waals surface area contributed by atoms with E-state index in [4.69, 9.17) is 4.42 Å². The molecular formula is C19H28IN3O2. The van der Waals surface area contributed by atoms with E-state index in [2.05, 4.69) is 34.7 Å². The summed E-state index contributed by atoms with van der Waals surface area (Å²) in [6.07, 6.45) is 3.25. The Morgan fingerprint density at radius 2 is 1.92 bits per heavy atom. The normalized spacial score (nSPS) is 13.6. The molecule has 6 heteroatoms. The molecule has 0 aliphatic rings. The number of nitrogens with one attached hydrogen (secondary N) is 2. The van der Waals surface area contributed by atoms with Gasteiger partial charge in [-0.3, -0.25) is 4.99 Å². The summed E-state index contributed by atoms with van der Waals surface area (Å²) in [4.78, 5) is 4.62. The largest absolute Gasteiger partial charge is 0.469 e. The standard InChI is InChI=1S/C19H27N3O2.HI/c1-3-17(14-23)22-19(20-12-11-18-10-7-13-24-18)21-15(2)16-8-5-4-6-9-16;/h4-10,13,15,17,23H,3,11-12,14H2,1-2H3,(H2,20,21,22);1H/t15?,17-;/m1./s1. The number of rotatable bonds is 8. The maximum absolute atomic E-state index is 9.44. The molecule has 0 aliphatic carbocycles. The van der Waals surface area contributed by atoms with Crippen molar-refractivity contribution in [1.29, 1.82) is 0 Å². The number of aliphatic imine (C=N–C) groups is 1. The van der Waals surface area contributed by atoms with Crippen molar-refractivity contribution in [2.45, 2.75) is 38.8 Å². The first-order valence-corrected chi connectivity index (χ1v) is 8.48. The topological polar surface area (TPSA) is 69.8 Å². The summed E-state index contributed by atoms with van der Waals surface area (Å²) < 4.78 is 5.34. The number of aliphatic hydroxyl groups excluding tert-OH is 1. The lowest BCUT2D eigenvalue weighted by Gasteiger charge is -2.22. The molecule has 0 spiro atoms. The highest BCUT2D eigenvalue weighted by Crippen LogP contribution is 2.11. The predicted molar refractivity (Wildman–Crippen MR) is 112 cm³/mol. The lowest BCUT2D eigenvalue weighted by atomic mass is 10.1. The van der Waals surface area contributed by atoms with Gasteiger partial charge in [0, 0.05) is 13.0 Å². The van der Waals surface area contributed by atoms with Gasteiger partial charge in [0.15, 0.2) is 5.96 Å². The van der Waals surface area contributed by atoms with Crippen molar-refractivity contribution in [3.63, 3.8) is 0 Å². The fraction of sp³-hybridized carbons (Fsp3) is 0.421. The van der Waals surface area contributed by atoms with Gasteiger partial charge in [-0.1, -0.05) is 37.3 Å². The van der Waals surface area contributed by atoms with Crippen molar-refractivity contribution in [2.24, 2.45) is 4.99 Å². The van der Waals surface area contributed by atoms with Crippen LogP contribution in [0.5, 0.6) is 0 Å². The van der Waals surface area contributed by atoms with E-state index in [9.17, 15) is 5.11 Å². The SMILES string of the molecule is CC[C@H](CO)NC(=NCCc1ccco1)NC(C)c1ccccc1.I. The minimum atomic E-state index is -0.0113. The lowest BCUT2D eigenvalue weighted by molar-refractivity contribution is 0.251. The molecule has 0 radical (unpaired) electrons. The van der Waals surface area contributed by atoms with Crippen molar-refractivity contribution in [2.75, 3.05) is 13.2 Å². The van der Waals surface area contributed by atoms with Crippen LogP contribution in [0.3, 0.4) is 0 Å². The van der Waals surface area contributed by atoms with Gasteiger partial charge in [0.05, 0.1) is 25.0 Å². The number of halogens is 1. The smallest absolute Gasteiger partial charge is 0.192 e. The molecule has 1 heterocycles. The van der Waals surface area contributed by atoms with Gasteiger partial charge in [-0.25, -0.2) is 0 Å². The molecule has 2 atom stereocenters. The third kappa shape index (κ3) is 7.48. The van der Waals surface area contributed by atoms with E-state index in [0.717, 1.165) is 18.6 Å². The fourth-order valence-corrected chi connectivity index (χ4v) is 2.37. The zero-order valence-corrected chi connectivity index (χ0v) is 17.1. The summed E-state index contributed by atoms with van der Waals surface area (Å²) in [5.74, 6) is 1.63. The highest BCUT2D eigenvalue weighted by Gasteiger charge is 2.11. The molecule has 1 aromatic heterocycles. The number of benzene rings is 1. The van der Waals surface area contributed by atoms with Crippen LogP contribution in [0.25, 0.3) is 0 Å². The summed E-state index contributed by atoms with van der Waals surface area (Å²) in [7, 11) is 0. The predicted octanol–water partition coefficient (Wildman–Crippen LogP) is 3.51. The van der Waals surface area contributed by atoms with Crippen LogP contribution in [0.2, 0.25) is 0 Å². The second-order valence-electron chi connectivity index (χ2n) is 5.77. The van der Waals surface area contributed by atoms with E-state index >= 15 is 0 Å². The lowest BCUT2D eigenvalue weighted by Crippen LogP contribution is -2.45. The molecule has 138 valence electrons. The second-order valence-corrected chi connectivity index (χ2v) is 5.77. The first-order chi connectivity index (χ1) is 11.7. The molecule has 0 fully saturated rings. The average Bonchev–Trinajstić information content (AvgIpc) is 3.13. The molecular weight excluding hydrogens is 429 g/mol. The third-order valence-electron chi connectivity index (χ3n) is 3.92. The Morgan fingerprint density at radius 1 is 1.16 bits per heavy atom. The summed E-state index contributed by atoms with van der Waals surface area (Å²) in [6.45, 7) is 4.83. The highest BCUT2D eigenvalue weighted by atomic mass is 127. The Hall–Kier alpha value is -1.54. The number of guanidine groups is 1. The van der Waals surface area contributed by atoms with Crippen molar-refractivity contribution in [1.82, 2.24) is 10.6 Å². The minimum absolute atomic E-state index is 0. The molecule has 0 bridgehead atoms. The Balaban J connectivity index is 0.00000312. The Labute approximate surface area is 167 Å². The minimum Gasteiger partial charge on any atom is -0.469 e. The van der Waals surface area contributed by atoms with E-state index < -0.39 is 0 Å². The van der Waals surface area contributed by atoms with E-state index in [0.29, 0.717) is 12.5 Å². The molecule has 2 aromatic rings. The van der Waals surface area contributed by atoms with Crippen molar-refractivity contribution in [3.8, 4) is 0 Å². The van der Waals surface area contributed by atoms with Crippen LogP contribution in [0.4, 0.5) is 0 Å². The Kier molecular flexibility index (Phi) is 10.3. The maximum Gasteiger partial charge on any atom is 0.192 e. The van der Waals surface area contributed by atoms with Gasteiger partial charge in [-0.05, 0) is 31.0 Å². The number of furan rings is 1. The fourth-order valence-electron chi connectivity index (χ4n) is 2.37. The summed E-state index contributed by atoms with van der Waals surface area (Å²) >= 11 is 0. The van der Waals surface area contributed by atoms with Gasteiger partial charge in [0.2, 0.25) is 0 Å². The summed E-state index contributed by atoms with van der Waals surface area (Å²) in [5, 5.41) is 16.1. The van der Waals surface area contributed by atoms with Crippen LogP contribution < -0.4 is 10.6 Å². The van der Waals surface area contributed by atoms with Gasteiger partial charge in [0.25, 0.3) is 0 Å². The first kappa shape index (κ1) is 21.5. The van der Waals surface area contributed by atoms with E-state index in [1.165, 1.54) is 5.56 Å². The van der Waals surface area contributed by atoms with Crippen LogP contribution in [-0.4, -0.2) is 30.3 Å². The average molecular weight is 457 g/mol. The van der Waals surface area contributed by atoms with E-state index in [-0.39, 0.29) is 42.7 Å². The van der Waals surface area contributed by atoms with Gasteiger partial charge >= 0.3 is 0 Å². The van der Waals surface area contributed by atoms with Crippen molar-refractivity contribution < 1.29 is 9.52 Å². The number of hydrogen-bond donors (Lipinski definition) is 3. The summed E-state index contributed by atoms with van der Waals surface area (Å²) in [5.41, 5.74) is 1.19. The van der Waals surface area contributed by atoms with E-state index in [1.54, 1.807) is 6.26 Å². The zero-order valence-electron chi connectivity index (χ0n) is 14.8. The molecule has 2 rings (SSSR count). The number of aliphatic hydroxyl groups is 1. The molecule has 1 unspecified atom stereocenters. The third-order valence-corrected chi connectivity index (χ3v) is 3.92. The molecule has 0 saturated heterocycles. The van der Waals surface area contributed by atoms with Gasteiger partial charge < -0.3 is 20.2 Å². The molecule has 0 amide bonds. The summed E-state index contributed by atoms with van der Waals surface area (Å²) in [6, 6.07) is 14.2. The van der Waals surface area contributed by atoms with Gasteiger partial charge in [-0.2, -0.15) is 0 Å².